The molecule has 0 aliphatic rings. The van der Waals surface area contributed by atoms with E-state index < -0.39 is 27.4 Å². The van der Waals surface area contributed by atoms with Crippen LogP contribution < -0.4 is 14.5 Å². The van der Waals surface area contributed by atoms with Crippen molar-refractivity contribution in [1.29, 1.82) is 0 Å². The van der Waals surface area contributed by atoms with Crippen LogP contribution in [0.15, 0.2) is 53.6 Å². The zero-order chi connectivity index (χ0) is 20.7. The highest BCUT2D eigenvalue weighted by Crippen LogP contribution is 2.22. The van der Waals surface area contributed by atoms with Gasteiger partial charge in [0.15, 0.2) is 0 Å². The van der Waals surface area contributed by atoms with Gasteiger partial charge < -0.3 is 4.74 Å². The first-order valence-electron chi connectivity index (χ1n) is 7.89. The second kappa shape index (κ2) is 8.95. The van der Waals surface area contributed by atoms with Gasteiger partial charge in [0.1, 0.15) is 12.3 Å². The van der Waals surface area contributed by atoms with E-state index in [2.05, 4.69) is 10.5 Å². The smallest absolute Gasteiger partial charge is 0.278 e. The molecule has 0 saturated carbocycles. The maximum atomic E-state index is 12.1. The molecule has 2 aromatic carbocycles. The lowest BCUT2D eigenvalue weighted by Gasteiger charge is -2.21. The molecule has 1 amide bonds. The maximum Gasteiger partial charge on any atom is 0.278 e. The molecule has 0 unspecified atom stereocenters. The van der Waals surface area contributed by atoms with Crippen molar-refractivity contribution in [3.05, 3.63) is 64.2 Å². The molecule has 1 N–H and O–H groups in total. The number of carbonyl (C=O) groups is 1. The van der Waals surface area contributed by atoms with Crippen LogP contribution in [0.1, 0.15) is 5.56 Å². The fourth-order valence-corrected chi connectivity index (χ4v) is 3.12. The summed E-state index contributed by atoms with van der Waals surface area (Å²) < 4.78 is 30.1. The third-order valence-corrected chi connectivity index (χ3v) is 4.70. The fourth-order valence-electron chi connectivity index (χ4n) is 2.27. The van der Waals surface area contributed by atoms with E-state index in [-0.39, 0.29) is 16.9 Å². The molecule has 0 aliphatic carbocycles. The molecule has 148 valence electrons. The van der Waals surface area contributed by atoms with Gasteiger partial charge >= 0.3 is 0 Å². The third kappa shape index (κ3) is 5.51. The van der Waals surface area contributed by atoms with Crippen LogP contribution in [0.3, 0.4) is 0 Å². The monoisotopic (exact) mass is 406 g/mol. The van der Waals surface area contributed by atoms with Crippen LogP contribution >= 0.6 is 0 Å². The average molecular weight is 406 g/mol. The number of nitrogens with zero attached hydrogens (tertiary/aromatic N) is 3. The van der Waals surface area contributed by atoms with Crippen LogP contribution in [0.5, 0.6) is 5.75 Å². The number of benzene rings is 2. The van der Waals surface area contributed by atoms with Gasteiger partial charge in [0.2, 0.25) is 10.0 Å². The van der Waals surface area contributed by atoms with Gasteiger partial charge in [-0.1, -0.05) is 18.2 Å². The van der Waals surface area contributed by atoms with Crippen molar-refractivity contribution >= 4 is 33.5 Å². The summed E-state index contributed by atoms with van der Waals surface area (Å²) in [7, 11) is -2.32. The minimum atomic E-state index is -3.76. The number of nitro benzene ring substituents is 1. The molecule has 11 heteroatoms. The molecule has 0 bridgehead atoms. The van der Waals surface area contributed by atoms with Gasteiger partial charge in [0.25, 0.3) is 11.6 Å². The lowest BCUT2D eigenvalue weighted by atomic mass is 10.2. The number of anilines is 1. The highest BCUT2D eigenvalue weighted by atomic mass is 32.2. The summed E-state index contributed by atoms with van der Waals surface area (Å²) in [6.07, 6.45) is 2.09. The Bertz CT molecular complexity index is 1010. The number of nitro groups is 1. The minimum Gasteiger partial charge on any atom is -0.497 e. The van der Waals surface area contributed by atoms with Gasteiger partial charge in [0, 0.05) is 12.1 Å². The van der Waals surface area contributed by atoms with Gasteiger partial charge in [-0.3, -0.25) is 19.2 Å². The van der Waals surface area contributed by atoms with Crippen LogP contribution in [-0.4, -0.2) is 45.4 Å². The van der Waals surface area contributed by atoms with Crippen molar-refractivity contribution in [3.63, 3.8) is 0 Å². The van der Waals surface area contributed by atoms with Crippen molar-refractivity contribution in [2.24, 2.45) is 5.10 Å². The lowest BCUT2D eigenvalue weighted by molar-refractivity contribution is -0.385. The van der Waals surface area contributed by atoms with Gasteiger partial charge in [-0.2, -0.15) is 5.10 Å². The number of carbonyl (C=O) groups excluding carboxylic acids is 1. The molecular weight excluding hydrogens is 388 g/mol. The van der Waals surface area contributed by atoms with Crippen molar-refractivity contribution in [2.45, 2.75) is 0 Å². The number of ether oxygens (including phenoxy) is 1. The predicted molar refractivity (Wildman–Crippen MR) is 104 cm³/mol. The van der Waals surface area contributed by atoms with E-state index >= 15 is 0 Å². The maximum absolute atomic E-state index is 12.1. The summed E-state index contributed by atoms with van der Waals surface area (Å²) in [6, 6.07) is 12.1. The van der Waals surface area contributed by atoms with E-state index in [4.69, 9.17) is 4.74 Å². The Morgan fingerprint density at radius 2 is 2.00 bits per heavy atom. The van der Waals surface area contributed by atoms with E-state index in [0.29, 0.717) is 5.75 Å². The molecule has 2 rings (SSSR count). The summed E-state index contributed by atoms with van der Waals surface area (Å²) >= 11 is 0. The van der Waals surface area contributed by atoms with Gasteiger partial charge in [-0.25, -0.2) is 13.8 Å². The van der Waals surface area contributed by atoms with Crippen molar-refractivity contribution in [2.75, 3.05) is 24.2 Å². The third-order valence-electron chi connectivity index (χ3n) is 3.56. The second-order valence-corrected chi connectivity index (χ2v) is 7.49. The second-order valence-electron chi connectivity index (χ2n) is 5.58. The van der Waals surface area contributed by atoms with Crippen molar-refractivity contribution < 1.29 is 22.9 Å². The minimum absolute atomic E-state index is 0.172. The van der Waals surface area contributed by atoms with Crippen LogP contribution in [-0.2, 0) is 14.8 Å². The number of methoxy groups -OCH3 is 1. The highest BCUT2D eigenvalue weighted by molar-refractivity contribution is 7.92. The summed E-state index contributed by atoms with van der Waals surface area (Å²) in [6.45, 7) is -0.528. The topological polar surface area (TPSA) is 131 Å². The normalized spacial score (nSPS) is 11.2. The molecular formula is C17H18N4O6S. The van der Waals surface area contributed by atoms with E-state index in [1.54, 1.807) is 18.2 Å². The van der Waals surface area contributed by atoms with Crippen molar-refractivity contribution in [3.8, 4) is 5.75 Å². The lowest BCUT2D eigenvalue weighted by Crippen LogP contribution is -2.39. The number of hydrazone groups is 1. The molecule has 0 atom stereocenters. The number of para-hydroxylation sites is 1. The van der Waals surface area contributed by atoms with E-state index in [0.717, 1.165) is 16.8 Å². The summed E-state index contributed by atoms with van der Waals surface area (Å²) in [5.41, 5.74) is 2.44. The first-order chi connectivity index (χ1) is 13.2. The standard InChI is InChI=1S/C17H18N4O6S/c1-27-15-8-5-7-14(10-15)20(28(2,25)26)12-17(22)19-18-11-13-6-3-4-9-16(13)21(23)24/h3-11H,12H2,1-2H3,(H,19,22)/b18-11-. The number of amides is 1. The van der Waals surface area contributed by atoms with E-state index in [1.165, 1.54) is 37.4 Å². The predicted octanol–water partition coefficient (Wildman–Crippen LogP) is 1.52. The van der Waals surface area contributed by atoms with Gasteiger partial charge in [-0.15, -0.1) is 0 Å². The zero-order valence-electron chi connectivity index (χ0n) is 15.1. The molecule has 28 heavy (non-hydrogen) atoms. The first-order valence-corrected chi connectivity index (χ1v) is 9.74. The Kier molecular flexibility index (Phi) is 6.66. The SMILES string of the molecule is COc1cccc(N(CC(=O)N/N=C\c2ccccc2[N+](=O)[O-])S(C)(=O)=O)c1. The summed E-state index contributed by atoms with van der Waals surface area (Å²) in [4.78, 5) is 22.5. The number of nitrogens with one attached hydrogen (secondary N) is 1. The quantitative estimate of drug-likeness (QED) is 0.402. The Labute approximate surface area is 161 Å². The first kappa shape index (κ1) is 20.8. The van der Waals surface area contributed by atoms with Gasteiger partial charge in [0.05, 0.1) is 35.8 Å². The largest absolute Gasteiger partial charge is 0.497 e. The van der Waals surface area contributed by atoms with Crippen LogP contribution in [0.4, 0.5) is 11.4 Å². The highest BCUT2D eigenvalue weighted by Gasteiger charge is 2.21. The Morgan fingerprint density at radius 1 is 1.29 bits per heavy atom. The summed E-state index contributed by atoms with van der Waals surface area (Å²) in [5.74, 6) is -0.288. The van der Waals surface area contributed by atoms with Crippen LogP contribution in [0.2, 0.25) is 0 Å². The van der Waals surface area contributed by atoms with E-state index in [9.17, 15) is 23.3 Å². The molecule has 0 aliphatic heterocycles. The number of hydrogen-bond donors (Lipinski definition) is 1. The Morgan fingerprint density at radius 3 is 2.64 bits per heavy atom. The average Bonchev–Trinajstić information content (AvgIpc) is 2.65. The number of sulfonamides is 1. The van der Waals surface area contributed by atoms with Crippen molar-refractivity contribution in [1.82, 2.24) is 5.43 Å². The van der Waals surface area contributed by atoms with Gasteiger partial charge in [-0.05, 0) is 18.2 Å². The molecule has 2 aromatic rings. The molecule has 0 fully saturated rings. The molecule has 0 saturated heterocycles. The molecule has 0 radical (unpaired) electrons. The Balaban J connectivity index is 2.14. The summed E-state index contributed by atoms with van der Waals surface area (Å²) in [5, 5.41) is 14.6. The van der Waals surface area contributed by atoms with E-state index in [1.807, 2.05) is 0 Å². The number of hydrogen-bond acceptors (Lipinski definition) is 7. The number of rotatable bonds is 8. The van der Waals surface area contributed by atoms with Crippen LogP contribution in [0, 0.1) is 10.1 Å². The molecule has 0 spiro atoms. The zero-order valence-corrected chi connectivity index (χ0v) is 15.9. The molecule has 0 aromatic heterocycles. The Hall–Kier alpha value is -3.47. The molecule has 0 heterocycles. The molecule has 10 nitrogen and oxygen atoms in total. The fraction of sp³-hybridized carbons (Fsp3) is 0.176. The van der Waals surface area contributed by atoms with Crippen LogP contribution in [0.25, 0.3) is 0 Å².